The zero-order chi connectivity index (χ0) is 37.3. The van der Waals surface area contributed by atoms with Crippen molar-refractivity contribution in [2.45, 2.75) is 77.6 Å². The van der Waals surface area contributed by atoms with E-state index in [1.807, 2.05) is 11.3 Å². The summed E-state index contributed by atoms with van der Waals surface area (Å²) in [6.07, 6.45) is 2.36. The van der Waals surface area contributed by atoms with E-state index >= 15 is 0 Å². The van der Waals surface area contributed by atoms with E-state index in [1.54, 1.807) is 0 Å². The highest BCUT2D eigenvalue weighted by atomic mass is 32.1. The van der Waals surface area contributed by atoms with E-state index in [4.69, 9.17) is 4.42 Å². The maximum Gasteiger partial charge on any atom is 0.376 e. The van der Waals surface area contributed by atoms with Crippen molar-refractivity contribution in [2.75, 3.05) is 9.71 Å². The minimum Gasteiger partial charge on any atom is -0.466 e. The van der Waals surface area contributed by atoms with Crippen LogP contribution in [0, 0.1) is 6.92 Å². The van der Waals surface area contributed by atoms with Gasteiger partial charge in [-0.15, -0.1) is 11.3 Å². The summed E-state index contributed by atoms with van der Waals surface area (Å²) >= 11 is 1.94. The van der Waals surface area contributed by atoms with Crippen molar-refractivity contribution in [3.05, 3.63) is 137 Å². The maximum absolute atomic E-state index is 7.29. The Kier molecular flexibility index (Phi) is 6.01. The molecule has 0 atom stereocenters. The molecule has 268 valence electrons. The predicted molar refractivity (Wildman–Crippen MR) is 235 cm³/mol. The molecule has 55 heavy (non-hydrogen) atoms. The summed E-state index contributed by atoms with van der Waals surface area (Å²) in [6.45, 7) is 16.7. The number of aryl methyl sites for hydroxylation is 1. The summed E-state index contributed by atoms with van der Waals surface area (Å²) in [5, 5.41) is 3.81. The molecular weight excluding hydrogens is 687 g/mol. The number of thiophene rings is 1. The van der Waals surface area contributed by atoms with Crippen LogP contribution in [0.3, 0.4) is 0 Å². The average molecular weight is 731 g/mol. The molecule has 5 heteroatoms. The zero-order valence-electron chi connectivity index (χ0n) is 32.6. The number of rotatable bonds is 1. The third kappa shape index (κ3) is 3.92. The number of hydrogen-bond acceptors (Lipinski definition) is 4. The van der Waals surface area contributed by atoms with E-state index in [9.17, 15) is 0 Å². The second-order valence-corrected chi connectivity index (χ2v) is 19.4. The van der Waals surface area contributed by atoms with Crippen molar-refractivity contribution in [3.8, 4) is 11.1 Å². The number of benzene rings is 6. The molecule has 12 rings (SSSR count). The van der Waals surface area contributed by atoms with E-state index < -0.39 is 0 Å². The summed E-state index contributed by atoms with van der Waals surface area (Å²) in [5.41, 5.74) is 19.2. The Bertz CT molecular complexity index is 3020. The fourth-order valence-corrected chi connectivity index (χ4v) is 12.2. The quantitative estimate of drug-likeness (QED) is 0.157. The van der Waals surface area contributed by atoms with Gasteiger partial charge in [-0.1, -0.05) is 114 Å². The molecular formula is C50H43BN2OS. The lowest BCUT2D eigenvalue weighted by Crippen LogP contribution is -2.62. The lowest BCUT2D eigenvalue weighted by atomic mass is 9.44. The van der Waals surface area contributed by atoms with Crippen molar-refractivity contribution < 1.29 is 4.42 Å². The Hall–Kier alpha value is -5.26. The van der Waals surface area contributed by atoms with Crippen molar-refractivity contribution in [1.29, 1.82) is 0 Å². The Labute approximate surface area is 327 Å². The third-order valence-electron chi connectivity index (χ3n) is 14.0. The molecule has 2 aromatic heterocycles. The van der Waals surface area contributed by atoms with Gasteiger partial charge in [0, 0.05) is 48.9 Å². The maximum atomic E-state index is 7.29. The highest BCUT2D eigenvalue weighted by Crippen LogP contribution is 2.59. The van der Waals surface area contributed by atoms with Gasteiger partial charge in [-0.3, -0.25) is 0 Å². The number of furan rings is 1. The van der Waals surface area contributed by atoms with Gasteiger partial charge in [0.2, 0.25) is 0 Å². The van der Waals surface area contributed by atoms with Crippen molar-refractivity contribution in [3.63, 3.8) is 0 Å². The fraction of sp³-hybridized carbons (Fsp3) is 0.240. The molecule has 0 unspecified atom stereocenters. The van der Waals surface area contributed by atoms with Crippen LogP contribution in [-0.4, -0.2) is 6.85 Å². The summed E-state index contributed by atoms with van der Waals surface area (Å²) in [6, 6.07) is 41.5. The standard InChI is InChI=1S/C50H43BN2OS/c1-28-25-36-37(49(4,5)24-23-48(36,2)3)27-39(28)52-44-31-16-8-12-21-40(31)54-47(44)51-42-32(26-33-29-15-9-13-22-41(29)55-46(33)45(42)52)30-17-14-19-35-43(30)53(51)38-20-11-10-18-34(38)50(35,6)7/h8-22,25-27H,23-24H2,1-7H3. The van der Waals surface area contributed by atoms with Crippen LogP contribution in [0.25, 0.3) is 42.3 Å². The minimum absolute atomic E-state index is 0.0651. The normalized spacial score (nSPS) is 17.9. The first-order valence-electron chi connectivity index (χ1n) is 19.9. The molecule has 8 aromatic rings. The molecule has 1 aliphatic carbocycles. The number of hydrogen-bond donors (Lipinski definition) is 0. The molecule has 0 spiro atoms. The molecule has 0 bridgehead atoms. The number of para-hydroxylation sites is 3. The van der Waals surface area contributed by atoms with E-state index in [1.165, 1.54) is 106 Å². The van der Waals surface area contributed by atoms with Crippen LogP contribution in [0.4, 0.5) is 28.4 Å². The van der Waals surface area contributed by atoms with E-state index in [-0.39, 0.29) is 23.1 Å². The Morgan fingerprint density at radius 3 is 2.11 bits per heavy atom. The van der Waals surface area contributed by atoms with Crippen molar-refractivity contribution >= 4 is 88.9 Å². The van der Waals surface area contributed by atoms with Gasteiger partial charge in [-0.05, 0) is 106 Å². The molecule has 4 aliphatic rings. The van der Waals surface area contributed by atoms with Gasteiger partial charge in [0.1, 0.15) is 11.2 Å². The molecule has 3 nitrogen and oxygen atoms in total. The first-order chi connectivity index (χ1) is 26.5. The molecule has 0 saturated carbocycles. The van der Waals surface area contributed by atoms with Crippen LogP contribution < -0.4 is 20.8 Å². The van der Waals surface area contributed by atoms with Gasteiger partial charge in [0.15, 0.2) is 0 Å². The van der Waals surface area contributed by atoms with Crippen molar-refractivity contribution in [1.82, 2.24) is 0 Å². The lowest BCUT2D eigenvalue weighted by Gasteiger charge is -2.50. The van der Waals surface area contributed by atoms with Gasteiger partial charge >= 0.3 is 6.85 Å². The number of fused-ring (bicyclic) bond motifs is 13. The summed E-state index contributed by atoms with van der Waals surface area (Å²) in [4.78, 5) is 5.30. The van der Waals surface area contributed by atoms with Crippen LogP contribution in [0.1, 0.15) is 82.2 Å². The van der Waals surface area contributed by atoms with Crippen LogP contribution in [0.2, 0.25) is 0 Å². The number of anilines is 5. The molecule has 6 aromatic carbocycles. The first kappa shape index (κ1) is 32.0. The molecule has 5 heterocycles. The third-order valence-corrected chi connectivity index (χ3v) is 15.2. The first-order valence-corrected chi connectivity index (χ1v) is 20.8. The lowest BCUT2D eigenvalue weighted by molar-refractivity contribution is 0.332. The second-order valence-electron chi connectivity index (χ2n) is 18.4. The van der Waals surface area contributed by atoms with Crippen LogP contribution in [-0.2, 0) is 16.2 Å². The second kappa shape index (κ2) is 10.3. The molecule has 3 aliphatic heterocycles. The number of nitrogens with zero attached hydrogens (tertiary/aromatic N) is 2. The SMILES string of the molecule is Cc1cc2c(cc1N1c3c(oc4ccccc34)B3c4c(cc5c(sc6ccccc65)c41)-c1cccc4c1N3c1ccccc1C4(C)C)C(C)(C)CCC2(C)C. The predicted octanol–water partition coefficient (Wildman–Crippen LogP) is 12.8. The fourth-order valence-electron chi connectivity index (χ4n) is 11.0. The van der Waals surface area contributed by atoms with Gasteiger partial charge in [-0.25, -0.2) is 0 Å². The van der Waals surface area contributed by atoms with Gasteiger partial charge in [0.05, 0.1) is 16.1 Å². The van der Waals surface area contributed by atoms with Crippen molar-refractivity contribution in [2.24, 2.45) is 0 Å². The molecule has 0 saturated heterocycles. The van der Waals surface area contributed by atoms with Crippen LogP contribution in [0.15, 0.2) is 114 Å². The zero-order valence-corrected chi connectivity index (χ0v) is 33.4. The summed E-state index contributed by atoms with van der Waals surface area (Å²) < 4.78 is 9.94. The van der Waals surface area contributed by atoms with Gasteiger partial charge in [0.25, 0.3) is 0 Å². The van der Waals surface area contributed by atoms with Crippen LogP contribution >= 0.6 is 11.3 Å². The molecule has 0 amide bonds. The molecule has 0 N–H and O–H groups in total. The van der Waals surface area contributed by atoms with E-state index in [0.717, 1.165) is 16.6 Å². The van der Waals surface area contributed by atoms with Gasteiger partial charge in [-0.2, -0.15) is 0 Å². The van der Waals surface area contributed by atoms with E-state index in [2.05, 4.69) is 167 Å². The highest BCUT2D eigenvalue weighted by Gasteiger charge is 2.53. The van der Waals surface area contributed by atoms with E-state index in [0.29, 0.717) is 0 Å². The largest absolute Gasteiger partial charge is 0.466 e. The smallest absolute Gasteiger partial charge is 0.376 e. The van der Waals surface area contributed by atoms with Crippen LogP contribution in [0.5, 0.6) is 0 Å². The summed E-state index contributed by atoms with van der Waals surface area (Å²) in [7, 11) is 0. The Morgan fingerprint density at radius 1 is 0.600 bits per heavy atom. The summed E-state index contributed by atoms with van der Waals surface area (Å²) in [5.74, 6) is 0. The highest BCUT2D eigenvalue weighted by molar-refractivity contribution is 7.26. The molecule has 0 fully saturated rings. The average Bonchev–Trinajstić information content (AvgIpc) is 3.75. The topological polar surface area (TPSA) is 19.6 Å². The minimum atomic E-state index is -0.170. The Balaban J connectivity index is 1.29. The monoisotopic (exact) mass is 730 g/mol. The Morgan fingerprint density at radius 2 is 1.29 bits per heavy atom. The van der Waals surface area contributed by atoms with Gasteiger partial charge < -0.3 is 14.1 Å². The molecule has 0 radical (unpaired) electrons.